The average Bonchev–Trinajstić information content (AvgIpc) is 2.37. The largest absolute Gasteiger partial charge is 0.624 e. The SMILES string of the molecule is CCCCCC1=CC=C[NH+]1[O-]. The van der Waals surface area contributed by atoms with Gasteiger partial charge in [0.15, 0.2) is 0 Å². The van der Waals surface area contributed by atoms with E-state index in [4.69, 9.17) is 0 Å². The first kappa shape index (κ1) is 8.50. The third-order valence-corrected chi connectivity index (χ3v) is 1.91. The zero-order valence-electron chi connectivity index (χ0n) is 6.97. The van der Waals surface area contributed by atoms with Crippen molar-refractivity contribution in [2.75, 3.05) is 0 Å². The molecule has 0 saturated heterocycles. The molecule has 0 bridgehead atoms. The molecule has 1 aliphatic rings. The van der Waals surface area contributed by atoms with E-state index in [2.05, 4.69) is 6.92 Å². The molecule has 0 amide bonds. The molecule has 2 heteroatoms. The predicted octanol–water partition coefficient (Wildman–Crippen LogP) is 1.36. The molecule has 1 rings (SSSR count). The number of hydrogen-bond acceptors (Lipinski definition) is 1. The van der Waals surface area contributed by atoms with Crippen molar-refractivity contribution >= 4 is 0 Å². The molecule has 0 aromatic heterocycles. The summed E-state index contributed by atoms with van der Waals surface area (Å²) in [5.74, 6) is 0. The van der Waals surface area contributed by atoms with Crippen molar-refractivity contribution in [1.82, 2.24) is 0 Å². The average molecular weight is 153 g/mol. The fourth-order valence-corrected chi connectivity index (χ4v) is 1.21. The lowest BCUT2D eigenvalue weighted by atomic mass is 10.1. The number of nitrogens with one attached hydrogen (secondary N) is 1. The minimum atomic E-state index is 0.209. The van der Waals surface area contributed by atoms with E-state index in [1.54, 1.807) is 6.20 Å². The molecule has 0 aliphatic carbocycles. The van der Waals surface area contributed by atoms with Gasteiger partial charge in [-0.1, -0.05) is 19.8 Å². The summed E-state index contributed by atoms with van der Waals surface area (Å²) >= 11 is 0. The summed E-state index contributed by atoms with van der Waals surface area (Å²) in [6, 6.07) is 0. The van der Waals surface area contributed by atoms with Crippen LogP contribution in [0.1, 0.15) is 32.6 Å². The van der Waals surface area contributed by atoms with Gasteiger partial charge in [-0.25, -0.2) is 0 Å². The van der Waals surface area contributed by atoms with E-state index in [9.17, 15) is 5.21 Å². The molecular formula is C9H15NO. The van der Waals surface area contributed by atoms with Gasteiger partial charge in [-0.05, 0) is 12.5 Å². The Bertz CT molecular complexity index is 172. The van der Waals surface area contributed by atoms with Crippen LogP contribution in [0.5, 0.6) is 0 Å². The van der Waals surface area contributed by atoms with Crippen molar-refractivity contribution in [1.29, 1.82) is 0 Å². The highest BCUT2D eigenvalue weighted by Gasteiger charge is 2.06. The standard InChI is InChI=1S/C9H15NO/c1-2-3-4-6-9-7-5-8-10(9)11/h5,7-8,10H,2-4,6H2,1H3. The van der Waals surface area contributed by atoms with Crippen LogP contribution in [0.4, 0.5) is 0 Å². The van der Waals surface area contributed by atoms with Crippen molar-refractivity contribution < 1.29 is 5.06 Å². The van der Waals surface area contributed by atoms with Crippen LogP contribution in [0.15, 0.2) is 24.0 Å². The van der Waals surface area contributed by atoms with Crippen molar-refractivity contribution in [2.45, 2.75) is 32.6 Å². The molecule has 0 aromatic rings. The molecule has 1 atom stereocenters. The molecule has 1 aliphatic heterocycles. The number of rotatable bonds is 4. The Morgan fingerprint density at radius 1 is 1.45 bits per heavy atom. The van der Waals surface area contributed by atoms with Crippen LogP contribution in [0.2, 0.25) is 0 Å². The summed E-state index contributed by atoms with van der Waals surface area (Å²) in [4.78, 5) is 0. The van der Waals surface area contributed by atoms with Gasteiger partial charge in [0, 0.05) is 12.5 Å². The summed E-state index contributed by atoms with van der Waals surface area (Å²) in [7, 11) is 0. The lowest BCUT2D eigenvalue weighted by molar-refractivity contribution is -0.745. The molecule has 1 heterocycles. The summed E-state index contributed by atoms with van der Waals surface area (Å²) < 4.78 is 0. The van der Waals surface area contributed by atoms with Crippen LogP contribution in [0.25, 0.3) is 0 Å². The predicted molar refractivity (Wildman–Crippen MR) is 45.7 cm³/mol. The molecule has 11 heavy (non-hydrogen) atoms. The van der Waals surface area contributed by atoms with Gasteiger partial charge >= 0.3 is 0 Å². The number of hydroxylamine groups is 2. The minimum Gasteiger partial charge on any atom is -0.624 e. The smallest absolute Gasteiger partial charge is 0.112 e. The summed E-state index contributed by atoms with van der Waals surface area (Å²) in [5, 5.41) is 11.2. The van der Waals surface area contributed by atoms with Gasteiger partial charge < -0.3 is 10.3 Å². The zero-order chi connectivity index (χ0) is 8.10. The van der Waals surface area contributed by atoms with E-state index in [1.165, 1.54) is 12.8 Å². The van der Waals surface area contributed by atoms with E-state index in [-0.39, 0.29) is 5.06 Å². The monoisotopic (exact) mass is 153 g/mol. The molecule has 0 spiro atoms. The molecule has 0 fully saturated rings. The van der Waals surface area contributed by atoms with E-state index < -0.39 is 0 Å². The molecule has 1 unspecified atom stereocenters. The van der Waals surface area contributed by atoms with Crippen LogP contribution in [-0.4, -0.2) is 0 Å². The quantitative estimate of drug-likeness (QED) is 0.479. The van der Waals surface area contributed by atoms with Gasteiger partial charge in [-0.15, -0.1) is 0 Å². The highest BCUT2D eigenvalue weighted by molar-refractivity contribution is 5.10. The maximum Gasteiger partial charge on any atom is 0.112 e. The summed E-state index contributed by atoms with van der Waals surface area (Å²) in [6.45, 7) is 2.17. The van der Waals surface area contributed by atoms with Gasteiger partial charge in [0.25, 0.3) is 0 Å². The van der Waals surface area contributed by atoms with Crippen LogP contribution in [0.3, 0.4) is 0 Å². The topological polar surface area (TPSA) is 27.5 Å². The molecular weight excluding hydrogens is 138 g/mol. The molecule has 62 valence electrons. The Kier molecular flexibility index (Phi) is 3.33. The Balaban J connectivity index is 2.18. The second kappa shape index (κ2) is 4.31. The normalized spacial score (nSPS) is 22.4. The first-order valence-corrected chi connectivity index (χ1v) is 4.26. The number of unbranched alkanes of at least 4 members (excludes halogenated alkanes) is 2. The minimum absolute atomic E-state index is 0.209. The van der Waals surface area contributed by atoms with Crippen molar-refractivity contribution in [3.05, 3.63) is 29.3 Å². The summed E-state index contributed by atoms with van der Waals surface area (Å²) in [5.41, 5.74) is 0.985. The first-order valence-electron chi connectivity index (χ1n) is 4.26. The van der Waals surface area contributed by atoms with E-state index in [0.29, 0.717) is 0 Å². The molecule has 0 radical (unpaired) electrons. The summed E-state index contributed by atoms with van der Waals surface area (Å²) in [6.07, 6.45) is 9.96. The van der Waals surface area contributed by atoms with Crippen LogP contribution in [0, 0.1) is 5.21 Å². The van der Waals surface area contributed by atoms with Gasteiger partial charge in [0.1, 0.15) is 5.70 Å². The lowest BCUT2D eigenvalue weighted by Gasteiger charge is -2.15. The fourth-order valence-electron chi connectivity index (χ4n) is 1.21. The van der Waals surface area contributed by atoms with Crippen LogP contribution in [-0.2, 0) is 0 Å². The van der Waals surface area contributed by atoms with Crippen molar-refractivity contribution in [3.8, 4) is 0 Å². The second-order valence-corrected chi connectivity index (χ2v) is 2.87. The molecule has 1 N–H and O–H groups in total. The van der Waals surface area contributed by atoms with Crippen LogP contribution < -0.4 is 5.06 Å². The zero-order valence-corrected chi connectivity index (χ0v) is 6.97. The molecule has 0 saturated carbocycles. The maximum atomic E-state index is 11.0. The Hall–Kier alpha value is -0.600. The van der Waals surface area contributed by atoms with Crippen molar-refractivity contribution in [3.63, 3.8) is 0 Å². The third kappa shape index (κ3) is 2.48. The third-order valence-electron chi connectivity index (χ3n) is 1.91. The number of hydrogen-bond donors (Lipinski definition) is 1. The Labute approximate surface area is 67.8 Å². The molecule has 2 nitrogen and oxygen atoms in total. The highest BCUT2D eigenvalue weighted by atomic mass is 16.5. The number of quaternary nitrogens is 1. The highest BCUT2D eigenvalue weighted by Crippen LogP contribution is 2.05. The van der Waals surface area contributed by atoms with Crippen LogP contribution >= 0.6 is 0 Å². The van der Waals surface area contributed by atoms with E-state index >= 15 is 0 Å². The van der Waals surface area contributed by atoms with Gasteiger partial charge in [0.2, 0.25) is 0 Å². The Morgan fingerprint density at radius 3 is 2.82 bits per heavy atom. The van der Waals surface area contributed by atoms with E-state index in [1.807, 2.05) is 12.2 Å². The fraction of sp³-hybridized carbons (Fsp3) is 0.556. The first-order chi connectivity index (χ1) is 5.34. The van der Waals surface area contributed by atoms with Gasteiger partial charge in [0.05, 0.1) is 6.20 Å². The lowest BCUT2D eigenvalue weighted by Crippen LogP contribution is -2.99. The van der Waals surface area contributed by atoms with Gasteiger partial charge in [-0.3, -0.25) is 0 Å². The maximum absolute atomic E-state index is 11.0. The number of allylic oxidation sites excluding steroid dienone is 3. The second-order valence-electron chi connectivity index (χ2n) is 2.87. The molecule has 0 aromatic carbocycles. The van der Waals surface area contributed by atoms with Crippen molar-refractivity contribution in [2.24, 2.45) is 0 Å². The Morgan fingerprint density at radius 2 is 2.27 bits per heavy atom. The van der Waals surface area contributed by atoms with Gasteiger partial charge in [-0.2, -0.15) is 0 Å². The van der Waals surface area contributed by atoms with E-state index in [0.717, 1.165) is 18.5 Å².